The van der Waals surface area contributed by atoms with Crippen LogP contribution in [0.1, 0.15) is 41.6 Å². The molecule has 3 rings (SSSR count). The van der Waals surface area contributed by atoms with Gasteiger partial charge in [-0.05, 0) is 48.7 Å². The second-order valence-electron chi connectivity index (χ2n) is 7.03. The molecule has 0 aromatic heterocycles. The van der Waals surface area contributed by atoms with E-state index >= 15 is 0 Å². The van der Waals surface area contributed by atoms with E-state index in [4.69, 9.17) is 11.6 Å². The Morgan fingerprint density at radius 2 is 1.61 bits per heavy atom. The first-order chi connectivity index (χ1) is 13.6. The summed E-state index contributed by atoms with van der Waals surface area (Å²) in [7, 11) is 0. The molecule has 0 unspecified atom stereocenters. The van der Waals surface area contributed by atoms with Gasteiger partial charge in [0.15, 0.2) is 0 Å². The van der Waals surface area contributed by atoms with E-state index in [2.05, 4.69) is 10.6 Å². The van der Waals surface area contributed by atoms with Crippen molar-refractivity contribution in [3.05, 3.63) is 64.7 Å². The van der Waals surface area contributed by atoms with E-state index in [0.717, 1.165) is 31.5 Å². The van der Waals surface area contributed by atoms with Crippen molar-refractivity contribution in [1.29, 1.82) is 0 Å². The van der Waals surface area contributed by atoms with Crippen LogP contribution < -0.4 is 10.6 Å². The second kappa shape index (κ2) is 10.2. The summed E-state index contributed by atoms with van der Waals surface area (Å²) in [6.07, 6.45) is 4.53. The first-order valence-corrected chi connectivity index (χ1v) is 10.1. The smallest absolute Gasteiger partial charge is 0.253 e. The number of anilines is 1. The number of nitrogens with zero attached hydrogens (tertiary/aromatic N) is 1. The van der Waals surface area contributed by atoms with Crippen LogP contribution in [0.5, 0.6) is 0 Å². The van der Waals surface area contributed by atoms with Crippen LogP contribution in [0.15, 0.2) is 48.5 Å². The van der Waals surface area contributed by atoms with Crippen LogP contribution in [0.4, 0.5) is 5.69 Å². The van der Waals surface area contributed by atoms with Crippen molar-refractivity contribution in [2.24, 2.45) is 0 Å². The maximum atomic E-state index is 12.6. The highest BCUT2D eigenvalue weighted by atomic mass is 35.5. The molecule has 148 valence electrons. The molecule has 0 spiro atoms. The van der Waals surface area contributed by atoms with Gasteiger partial charge in [-0.2, -0.15) is 0 Å². The van der Waals surface area contributed by atoms with Crippen molar-refractivity contribution in [3.8, 4) is 0 Å². The van der Waals surface area contributed by atoms with Crippen molar-refractivity contribution in [1.82, 2.24) is 10.2 Å². The predicted molar refractivity (Wildman–Crippen MR) is 113 cm³/mol. The maximum absolute atomic E-state index is 12.6. The first kappa shape index (κ1) is 20.4. The molecule has 1 saturated heterocycles. The molecule has 2 aromatic rings. The standard InChI is InChI=1S/C22H26ClN3O2/c23-20-8-4-3-7-18(20)15-24-16-21(27)25-19-11-9-17(10-12-19)22(28)26-13-5-1-2-6-14-26/h3-4,7-12,24H,1-2,5-6,13-16H2,(H,25,27). The lowest BCUT2D eigenvalue weighted by Gasteiger charge is -2.20. The molecule has 28 heavy (non-hydrogen) atoms. The minimum atomic E-state index is -0.140. The Bertz CT molecular complexity index is 800. The minimum absolute atomic E-state index is 0.0705. The molecule has 0 radical (unpaired) electrons. The molecule has 2 amide bonds. The molecule has 6 heteroatoms. The number of benzene rings is 2. The van der Waals surface area contributed by atoms with Gasteiger partial charge in [0, 0.05) is 35.9 Å². The quantitative estimate of drug-likeness (QED) is 0.769. The van der Waals surface area contributed by atoms with E-state index in [1.54, 1.807) is 24.3 Å². The van der Waals surface area contributed by atoms with Crippen molar-refractivity contribution in [2.45, 2.75) is 32.2 Å². The van der Waals surface area contributed by atoms with E-state index < -0.39 is 0 Å². The normalized spacial score (nSPS) is 14.4. The first-order valence-electron chi connectivity index (χ1n) is 9.77. The van der Waals surface area contributed by atoms with E-state index in [9.17, 15) is 9.59 Å². The second-order valence-corrected chi connectivity index (χ2v) is 7.43. The Hall–Kier alpha value is -2.37. The number of likely N-dealkylation sites (tertiary alicyclic amines) is 1. The Morgan fingerprint density at radius 3 is 2.29 bits per heavy atom. The Morgan fingerprint density at radius 1 is 0.929 bits per heavy atom. The van der Waals surface area contributed by atoms with E-state index in [1.165, 1.54) is 12.8 Å². The average Bonchev–Trinajstić information content (AvgIpc) is 2.99. The number of rotatable bonds is 6. The zero-order valence-corrected chi connectivity index (χ0v) is 16.7. The van der Waals surface area contributed by atoms with E-state index in [1.807, 2.05) is 29.2 Å². The summed E-state index contributed by atoms with van der Waals surface area (Å²) in [6.45, 7) is 2.36. The highest BCUT2D eigenvalue weighted by Crippen LogP contribution is 2.16. The molecule has 0 saturated carbocycles. The molecule has 1 fully saturated rings. The zero-order valence-electron chi connectivity index (χ0n) is 15.9. The summed E-state index contributed by atoms with van der Waals surface area (Å²) < 4.78 is 0. The lowest BCUT2D eigenvalue weighted by Crippen LogP contribution is -2.31. The van der Waals surface area contributed by atoms with Crippen LogP contribution in [0, 0.1) is 0 Å². The van der Waals surface area contributed by atoms with Crippen molar-refractivity contribution in [3.63, 3.8) is 0 Å². The van der Waals surface area contributed by atoms with Crippen molar-refractivity contribution >= 4 is 29.1 Å². The minimum Gasteiger partial charge on any atom is -0.339 e. The number of nitrogens with one attached hydrogen (secondary N) is 2. The van der Waals surface area contributed by atoms with Crippen LogP contribution in [0.25, 0.3) is 0 Å². The lowest BCUT2D eigenvalue weighted by molar-refractivity contribution is -0.115. The summed E-state index contributed by atoms with van der Waals surface area (Å²) >= 11 is 6.10. The molecule has 1 aliphatic heterocycles. The van der Waals surface area contributed by atoms with Gasteiger partial charge in [0.25, 0.3) is 5.91 Å². The topological polar surface area (TPSA) is 61.4 Å². The highest BCUT2D eigenvalue weighted by Gasteiger charge is 2.17. The summed E-state index contributed by atoms with van der Waals surface area (Å²) in [5.41, 5.74) is 2.29. The summed E-state index contributed by atoms with van der Waals surface area (Å²) in [4.78, 5) is 26.6. The molecule has 1 heterocycles. The fourth-order valence-electron chi connectivity index (χ4n) is 3.31. The van der Waals surface area contributed by atoms with E-state index in [0.29, 0.717) is 22.8 Å². The zero-order chi connectivity index (χ0) is 19.8. The predicted octanol–water partition coefficient (Wildman–Crippen LogP) is 4.08. The number of carbonyl (C=O) groups excluding carboxylic acids is 2. The summed E-state index contributed by atoms with van der Waals surface area (Å²) in [5.74, 6) is -0.0696. The highest BCUT2D eigenvalue weighted by molar-refractivity contribution is 6.31. The lowest BCUT2D eigenvalue weighted by atomic mass is 10.1. The average molecular weight is 400 g/mol. The molecular weight excluding hydrogens is 374 g/mol. The van der Waals surface area contributed by atoms with Gasteiger partial charge in [-0.15, -0.1) is 0 Å². The Balaban J connectivity index is 1.47. The number of halogens is 1. The molecule has 2 aromatic carbocycles. The number of carbonyl (C=O) groups is 2. The Labute approximate surface area is 171 Å². The van der Waals surface area contributed by atoms with Gasteiger partial charge in [-0.3, -0.25) is 9.59 Å². The van der Waals surface area contributed by atoms with Crippen LogP contribution >= 0.6 is 11.6 Å². The molecule has 1 aliphatic rings. The fraction of sp³-hybridized carbons (Fsp3) is 0.364. The number of hydrogen-bond donors (Lipinski definition) is 2. The molecule has 2 N–H and O–H groups in total. The van der Waals surface area contributed by atoms with Crippen LogP contribution in [0.2, 0.25) is 5.02 Å². The molecular formula is C22H26ClN3O2. The van der Waals surface area contributed by atoms with Crippen molar-refractivity contribution in [2.75, 3.05) is 25.0 Å². The SMILES string of the molecule is O=C(CNCc1ccccc1Cl)Nc1ccc(C(=O)N2CCCCCC2)cc1. The van der Waals surface area contributed by atoms with Gasteiger partial charge in [0.2, 0.25) is 5.91 Å². The third kappa shape index (κ3) is 5.81. The molecule has 0 bridgehead atoms. The number of amides is 2. The van der Waals surface area contributed by atoms with Crippen LogP contribution in [0.3, 0.4) is 0 Å². The van der Waals surface area contributed by atoms with Gasteiger partial charge in [0.05, 0.1) is 6.54 Å². The van der Waals surface area contributed by atoms with E-state index in [-0.39, 0.29) is 18.4 Å². The third-order valence-corrected chi connectivity index (χ3v) is 5.24. The van der Waals surface area contributed by atoms with Crippen LogP contribution in [-0.4, -0.2) is 36.3 Å². The van der Waals surface area contributed by atoms with Gasteiger partial charge >= 0.3 is 0 Å². The molecule has 0 atom stereocenters. The summed E-state index contributed by atoms with van der Waals surface area (Å²) in [6, 6.07) is 14.6. The largest absolute Gasteiger partial charge is 0.339 e. The third-order valence-electron chi connectivity index (χ3n) is 4.87. The van der Waals surface area contributed by atoms with Gasteiger partial charge in [-0.25, -0.2) is 0 Å². The maximum Gasteiger partial charge on any atom is 0.253 e. The fourth-order valence-corrected chi connectivity index (χ4v) is 3.51. The van der Waals surface area contributed by atoms with Gasteiger partial charge in [-0.1, -0.05) is 42.6 Å². The van der Waals surface area contributed by atoms with Gasteiger partial charge in [0.1, 0.15) is 0 Å². The van der Waals surface area contributed by atoms with Crippen molar-refractivity contribution < 1.29 is 9.59 Å². The Kier molecular flexibility index (Phi) is 7.46. The molecule has 0 aliphatic carbocycles. The van der Waals surface area contributed by atoms with Crippen LogP contribution in [-0.2, 0) is 11.3 Å². The monoisotopic (exact) mass is 399 g/mol. The van der Waals surface area contributed by atoms with Gasteiger partial charge < -0.3 is 15.5 Å². The number of hydrogen-bond acceptors (Lipinski definition) is 3. The molecule has 5 nitrogen and oxygen atoms in total. The summed E-state index contributed by atoms with van der Waals surface area (Å²) in [5, 5.41) is 6.60.